The van der Waals surface area contributed by atoms with Crippen molar-refractivity contribution in [2.45, 2.75) is 20.3 Å². The second kappa shape index (κ2) is 11.7. The van der Waals surface area contributed by atoms with E-state index >= 15 is 0 Å². The highest BCUT2D eigenvalue weighted by Crippen LogP contribution is 2.20. The van der Waals surface area contributed by atoms with Crippen LogP contribution in [-0.2, 0) is 4.79 Å². The molecule has 0 atom stereocenters. The van der Waals surface area contributed by atoms with E-state index in [-0.39, 0.29) is 29.9 Å². The largest absolute Gasteiger partial charge is 0.494 e. The molecule has 154 valence electrons. The van der Waals surface area contributed by atoms with Gasteiger partial charge in [0.1, 0.15) is 5.75 Å². The van der Waals surface area contributed by atoms with Crippen LogP contribution in [0.25, 0.3) is 10.8 Å². The van der Waals surface area contributed by atoms with Gasteiger partial charge < -0.3 is 20.7 Å². The minimum absolute atomic E-state index is 0. The lowest BCUT2D eigenvalue weighted by atomic mass is 9.92. The summed E-state index contributed by atoms with van der Waals surface area (Å²) in [5, 5.41) is 11.5. The number of rotatable bonds is 8. The predicted molar refractivity (Wildman–Crippen MR) is 127 cm³/mol. The van der Waals surface area contributed by atoms with Gasteiger partial charge in [0, 0.05) is 27.2 Å². The normalized spacial score (nSPS) is 11.5. The fourth-order valence-corrected chi connectivity index (χ4v) is 2.67. The first-order chi connectivity index (χ1) is 13.0. The van der Waals surface area contributed by atoms with E-state index in [2.05, 4.69) is 45.2 Å². The van der Waals surface area contributed by atoms with Gasteiger partial charge in [0.15, 0.2) is 5.96 Å². The number of carbonyl (C=O) groups excluding carboxylic acids is 1. The van der Waals surface area contributed by atoms with E-state index in [1.54, 1.807) is 14.1 Å². The van der Waals surface area contributed by atoms with Crippen LogP contribution in [-0.4, -0.2) is 45.7 Å². The molecule has 0 heterocycles. The molecule has 0 fully saturated rings. The number of ether oxygens (including phenoxy) is 1. The molecule has 2 aromatic carbocycles. The van der Waals surface area contributed by atoms with Crippen molar-refractivity contribution < 1.29 is 9.53 Å². The molecule has 0 spiro atoms. The number of amides is 1. The summed E-state index contributed by atoms with van der Waals surface area (Å²) in [6.07, 6.45) is 0.840. The second-order valence-corrected chi connectivity index (χ2v) is 7.03. The fraction of sp³-hybridized carbons (Fsp3) is 0.429. The van der Waals surface area contributed by atoms with Gasteiger partial charge in [0.2, 0.25) is 5.91 Å². The number of benzene rings is 2. The van der Waals surface area contributed by atoms with E-state index in [1.807, 2.05) is 32.0 Å². The topological polar surface area (TPSA) is 74.8 Å². The van der Waals surface area contributed by atoms with E-state index in [9.17, 15) is 4.79 Å². The third-order valence-corrected chi connectivity index (χ3v) is 4.37. The molecule has 0 unspecified atom stereocenters. The number of nitrogens with one attached hydrogen (secondary N) is 3. The summed E-state index contributed by atoms with van der Waals surface area (Å²) in [7, 11) is 3.36. The molecule has 0 aliphatic carbocycles. The van der Waals surface area contributed by atoms with Crippen molar-refractivity contribution in [2.75, 3.05) is 33.8 Å². The van der Waals surface area contributed by atoms with Crippen LogP contribution in [0.3, 0.4) is 0 Å². The molecule has 1 amide bonds. The van der Waals surface area contributed by atoms with Gasteiger partial charge >= 0.3 is 0 Å². The number of hydrogen-bond acceptors (Lipinski definition) is 3. The van der Waals surface area contributed by atoms with Gasteiger partial charge in [-0.25, -0.2) is 0 Å². The van der Waals surface area contributed by atoms with Crippen LogP contribution in [0.15, 0.2) is 47.5 Å². The molecule has 0 saturated carbocycles. The Balaban J connectivity index is 0.00000392. The minimum Gasteiger partial charge on any atom is -0.494 e. The predicted octanol–water partition coefficient (Wildman–Crippen LogP) is 3.16. The number of guanidine groups is 1. The van der Waals surface area contributed by atoms with Gasteiger partial charge in [-0.15, -0.1) is 24.0 Å². The Labute approximate surface area is 184 Å². The van der Waals surface area contributed by atoms with Crippen LogP contribution in [0.2, 0.25) is 0 Å². The SMILES string of the molecule is CN=C(NCCCOc1ccc2ccccc2c1)NCC(C)(C)C(=O)NC.I. The van der Waals surface area contributed by atoms with E-state index < -0.39 is 5.41 Å². The lowest BCUT2D eigenvalue weighted by Gasteiger charge is -2.24. The van der Waals surface area contributed by atoms with Crippen molar-refractivity contribution >= 4 is 46.6 Å². The Kier molecular flexibility index (Phi) is 10.1. The number of halogens is 1. The third-order valence-electron chi connectivity index (χ3n) is 4.37. The smallest absolute Gasteiger partial charge is 0.227 e. The summed E-state index contributed by atoms with van der Waals surface area (Å²) in [5.41, 5.74) is -0.508. The molecule has 2 aromatic rings. The maximum absolute atomic E-state index is 11.8. The average Bonchev–Trinajstić information content (AvgIpc) is 2.69. The summed E-state index contributed by atoms with van der Waals surface area (Å²) in [4.78, 5) is 16.0. The molecule has 28 heavy (non-hydrogen) atoms. The van der Waals surface area contributed by atoms with Crippen molar-refractivity contribution in [3.8, 4) is 5.75 Å². The summed E-state index contributed by atoms with van der Waals surface area (Å²) in [5.74, 6) is 1.55. The molecular weight excluding hydrogens is 467 g/mol. The van der Waals surface area contributed by atoms with Crippen molar-refractivity contribution in [1.29, 1.82) is 0 Å². The Bertz CT molecular complexity index is 793. The van der Waals surface area contributed by atoms with E-state index in [0.29, 0.717) is 19.1 Å². The summed E-state index contributed by atoms with van der Waals surface area (Å²) < 4.78 is 5.84. The zero-order valence-electron chi connectivity index (χ0n) is 17.0. The maximum atomic E-state index is 11.8. The van der Waals surface area contributed by atoms with Crippen molar-refractivity contribution in [1.82, 2.24) is 16.0 Å². The van der Waals surface area contributed by atoms with Crippen molar-refractivity contribution in [3.63, 3.8) is 0 Å². The molecule has 0 saturated heterocycles. The van der Waals surface area contributed by atoms with Gasteiger partial charge in [-0.1, -0.05) is 30.3 Å². The van der Waals surface area contributed by atoms with E-state index in [4.69, 9.17) is 4.74 Å². The van der Waals surface area contributed by atoms with E-state index in [0.717, 1.165) is 18.7 Å². The molecule has 0 aromatic heterocycles. The number of aliphatic imine (C=N–C) groups is 1. The van der Waals surface area contributed by atoms with Crippen LogP contribution in [0.1, 0.15) is 20.3 Å². The van der Waals surface area contributed by atoms with Crippen LogP contribution < -0.4 is 20.7 Å². The van der Waals surface area contributed by atoms with Crippen LogP contribution in [0.5, 0.6) is 5.75 Å². The van der Waals surface area contributed by atoms with Crippen LogP contribution in [0, 0.1) is 5.41 Å². The summed E-state index contributed by atoms with van der Waals surface area (Å²) in [6, 6.07) is 14.4. The van der Waals surface area contributed by atoms with Crippen molar-refractivity contribution in [2.24, 2.45) is 10.4 Å². The molecule has 6 nitrogen and oxygen atoms in total. The molecule has 7 heteroatoms. The lowest BCUT2D eigenvalue weighted by molar-refractivity contribution is -0.128. The number of carbonyl (C=O) groups is 1. The summed E-state index contributed by atoms with van der Waals surface area (Å²) >= 11 is 0. The molecule has 0 aliphatic rings. The highest BCUT2D eigenvalue weighted by atomic mass is 127. The monoisotopic (exact) mass is 498 g/mol. The Morgan fingerprint density at radius 1 is 1.11 bits per heavy atom. The van der Waals surface area contributed by atoms with Crippen molar-refractivity contribution in [3.05, 3.63) is 42.5 Å². The Hall–Kier alpha value is -2.03. The molecule has 0 aliphatic heterocycles. The average molecular weight is 498 g/mol. The molecule has 0 radical (unpaired) electrons. The molecular formula is C21H31IN4O2. The van der Waals surface area contributed by atoms with Gasteiger partial charge in [-0.05, 0) is 43.2 Å². The minimum atomic E-state index is -0.508. The van der Waals surface area contributed by atoms with Gasteiger partial charge in [0.05, 0.1) is 12.0 Å². The first-order valence-electron chi connectivity index (χ1n) is 9.24. The zero-order valence-corrected chi connectivity index (χ0v) is 19.4. The number of hydrogen-bond donors (Lipinski definition) is 3. The number of fused-ring (bicyclic) bond motifs is 1. The fourth-order valence-electron chi connectivity index (χ4n) is 2.67. The van der Waals surface area contributed by atoms with Crippen LogP contribution in [0.4, 0.5) is 0 Å². The number of nitrogens with zero attached hydrogens (tertiary/aromatic N) is 1. The first-order valence-corrected chi connectivity index (χ1v) is 9.24. The van der Waals surface area contributed by atoms with E-state index in [1.165, 1.54) is 10.8 Å². The Morgan fingerprint density at radius 2 is 1.82 bits per heavy atom. The Morgan fingerprint density at radius 3 is 2.50 bits per heavy atom. The highest BCUT2D eigenvalue weighted by molar-refractivity contribution is 14.0. The second-order valence-electron chi connectivity index (χ2n) is 7.03. The molecule has 2 rings (SSSR count). The quantitative estimate of drug-likeness (QED) is 0.226. The van der Waals surface area contributed by atoms with Crippen LogP contribution >= 0.6 is 24.0 Å². The zero-order chi connectivity index (χ0) is 19.7. The standard InChI is InChI=1S/C21H30N4O2.HI/c1-21(2,19(26)22-3)15-25-20(23-4)24-12-7-13-27-18-11-10-16-8-5-6-9-17(16)14-18;/h5-6,8-11,14H,7,12-13,15H2,1-4H3,(H,22,26)(H2,23,24,25);1H. The maximum Gasteiger partial charge on any atom is 0.227 e. The third kappa shape index (κ3) is 7.18. The summed E-state index contributed by atoms with van der Waals surface area (Å²) in [6.45, 7) is 5.63. The van der Waals surface area contributed by atoms with Gasteiger partial charge in [0.25, 0.3) is 0 Å². The van der Waals surface area contributed by atoms with Gasteiger partial charge in [-0.2, -0.15) is 0 Å². The molecule has 0 bridgehead atoms. The lowest BCUT2D eigenvalue weighted by Crippen LogP contribution is -2.47. The van der Waals surface area contributed by atoms with Gasteiger partial charge in [-0.3, -0.25) is 9.79 Å². The molecule has 3 N–H and O–H groups in total. The first kappa shape index (κ1) is 24.0. The highest BCUT2D eigenvalue weighted by Gasteiger charge is 2.26.